The Kier molecular flexibility index (Phi) is 4.22. The first-order valence-corrected chi connectivity index (χ1v) is 10.5. The van der Waals surface area contributed by atoms with Crippen LogP contribution in [0.15, 0.2) is 30.6 Å². The van der Waals surface area contributed by atoms with Gasteiger partial charge in [-0.15, -0.1) is 5.10 Å². The van der Waals surface area contributed by atoms with Gasteiger partial charge in [0.1, 0.15) is 12.0 Å². The summed E-state index contributed by atoms with van der Waals surface area (Å²) in [6, 6.07) is 6.28. The number of imide groups is 1. The summed E-state index contributed by atoms with van der Waals surface area (Å²) < 4.78 is 3.86. The van der Waals surface area contributed by atoms with Crippen molar-refractivity contribution in [2.45, 2.75) is 47.2 Å². The van der Waals surface area contributed by atoms with Crippen molar-refractivity contribution in [3.63, 3.8) is 0 Å². The fourth-order valence-corrected chi connectivity index (χ4v) is 4.39. The van der Waals surface area contributed by atoms with Crippen molar-refractivity contribution in [1.29, 1.82) is 0 Å². The number of aryl methyl sites for hydroxylation is 1. The third-order valence-electron chi connectivity index (χ3n) is 6.10. The number of hydrogen-bond donors (Lipinski definition) is 0. The Hall–Kier alpha value is -3.55. The molecule has 3 aromatic heterocycles. The molecule has 0 aliphatic carbocycles. The Bertz CT molecular complexity index is 1340. The van der Waals surface area contributed by atoms with Crippen LogP contribution in [0.3, 0.4) is 0 Å². The molecule has 1 aliphatic heterocycles. The number of benzene rings is 1. The molecule has 1 atom stereocenters. The second kappa shape index (κ2) is 6.73. The van der Waals surface area contributed by atoms with Crippen LogP contribution < -0.4 is 0 Å². The van der Waals surface area contributed by atoms with Crippen molar-refractivity contribution < 1.29 is 9.59 Å². The lowest BCUT2D eigenvalue weighted by Crippen LogP contribution is -2.33. The summed E-state index contributed by atoms with van der Waals surface area (Å²) in [5, 5.41) is 5.52. The first kappa shape index (κ1) is 19.4. The molecule has 8 nitrogen and oxygen atoms in total. The van der Waals surface area contributed by atoms with Crippen LogP contribution in [-0.2, 0) is 6.54 Å². The van der Waals surface area contributed by atoms with E-state index in [-0.39, 0.29) is 11.8 Å². The van der Waals surface area contributed by atoms with E-state index in [0.717, 1.165) is 28.8 Å². The molecule has 4 aromatic rings. The van der Waals surface area contributed by atoms with Crippen LogP contribution in [-0.4, -0.2) is 40.9 Å². The van der Waals surface area contributed by atoms with Gasteiger partial charge < -0.3 is 4.57 Å². The van der Waals surface area contributed by atoms with Gasteiger partial charge in [0.05, 0.1) is 22.6 Å². The standard InChI is InChI=1S/C23H24N6O2/c1-12(2)10-27-14(4)13(3)18-20(27)24-11-28-21(18)25-19(26-28)15(5)29-22(30)16-8-6-7-9-17(16)23(29)31/h6-9,11-12,15H,10H2,1-5H3/t15-/m0/s1. The Balaban J connectivity index is 1.62. The molecule has 0 fully saturated rings. The topological polar surface area (TPSA) is 85.4 Å². The maximum Gasteiger partial charge on any atom is 0.262 e. The molecule has 8 heteroatoms. The molecule has 0 radical (unpaired) electrons. The second-order valence-electron chi connectivity index (χ2n) is 8.60. The highest BCUT2D eigenvalue weighted by atomic mass is 16.2. The van der Waals surface area contributed by atoms with E-state index in [1.54, 1.807) is 42.0 Å². The van der Waals surface area contributed by atoms with Crippen molar-refractivity contribution >= 4 is 28.5 Å². The van der Waals surface area contributed by atoms with Crippen LogP contribution in [0.25, 0.3) is 16.7 Å². The number of carbonyl (C=O) groups excluding carboxylic acids is 2. The number of amides is 2. The molecule has 1 aromatic carbocycles. The van der Waals surface area contributed by atoms with Gasteiger partial charge in [-0.25, -0.2) is 14.5 Å². The molecule has 2 amide bonds. The zero-order valence-corrected chi connectivity index (χ0v) is 18.2. The molecule has 0 bridgehead atoms. The van der Waals surface area contributed by atoms with Crippen LogP contribution in [0.1, 0.15) is 64.6 Å². The largest absolute Gasteiger partial charge is 0.329 e. The summed E-state index contributed by atoms with van der Waals surface area (Å²) in [5.74, 6) is 0.266. The average Bonchev–Trinajstić information content (AvgIpc) is 3.36. The molecule has 0 N–H and O–H groups in total. The van der Waals surface area contributed by atoms with Crippen molar-refractivity contribution in [2.75, 3.05) is 0 Å². The summed E-state index contributed by atoms with van der Waals surface area (Å²) in [5.41, 5.74) is 4.67. The van der Waals surface area contributed by atoms with E-state index in [1.807, 2.05) is 0 Å². The summed E-state index contributed by atoms with van der Waals surface area (Å²) >= 11 is 0. The number of fused-ring (bicyclic) bond motifs is 4. The van der Waals surface area contributed by atoms with E-state index >= 15 is 0 Å². The highest BCUT2D eigenvalue weighted by Crippen LogP contribution is 2.32. The molecule has 4 heterocycles. The van der Waals surface area contributed by atoms with E-state index in [4.69, 9.17) is 4.98 Å². The SMILES string of the molecule is Cc1c(C)n(CC(C)C)c2ncn3nc([C@H](C)N4C(=O)c5ccccc5C4=O)nc3c12. The summed E-state index contributed by atoms with van der Waals surface area (Å²) in [7, 11) is 0. The van der Waals surface area contributed by atoms with Gasteiger partial charge >= 0.3 is 0 Å². The van der Waals surface area contributed by atoms with Crippen LogP contribution in [0.4, 0.5) is 0 Å². The number of nitrogens with zero attached hydrogens (tertiary/aromatic N) is 6. The van der Waals surface area contributed by atoms with Crippen molar-refractivity contribution in [1.82, 2.24) is 29.0 Å². The first-order valence-electron chi connectivity index (χ1n) is 10.5. The molecule has 1 aliphatic rings. The van der Waals surface area contributed by atoms with Crippen LogP contribution in [0, 0.1) is 19.8 Å². The smallest absolute Gasteiger partial charge is 0.262 e. The lowest BCUT2D eigenvalue weighted by molar-refractivity contribution is 0.0589. The molecule has 0 saturated carbocycles. The summed E-state index contributed by atoms with van der Waals surface area (Å²) in [4.78, 5) is 36.4. The third-order valence-corrected chi connectivity index (χ3v) is 6.10. The Labute approximate surface area is 179 Å². The highest BCUT2D eigenvalue weighted by molar-refractivity contribution is 6.21. The predicted molar refractivity (Wildman–Crippen MR) is 116 cm³/mol. The maximum absolute atomic E-state index is 12.9. The minimum absolute atomic E-state index is 0.315. The number of aromatic nitrogens is 5. The minimum Gasteiger partial charge on any atom is -0.329 e. The fourth-order valence-electron chi connectivity index (χ4n) is 4.39. The van der Waals surface area contributed by atoms with E-state index in [0.29, 0.717) is 28.5 Å². The van der Waals surface area contributed by atoms with Gasteiger partial charge in [0.2, 0.25) is 0 Å². The van der Waals surface area contributed by atoms with Crippen molar-refractivity contribution in [3.05, 3.63) is 58.8 Å². The summed E-state index contributed by atoms with van der Waals surface area (Å²) in [6.07, 6.45) is 1.65. The molecule has 158 valence electrons. The van der Waals surface area contributed by atoms with Gasteiger partial charge in [-0.05, 0) is 44.4 Å². The molecular formula is C23H24N6O2. The van der Waals surface area contributed by atoms with E-state index in [9.17, 15) is 9.59 Å². The lowest BCUT2D eigenvalue weighted by atomic mass is 10.1. The van der Waals surface area contributed by atoms with E-state index < -0.39 is 6.04 Å². The number of rotatable bonds is 4. The Morgan fingerprint density at radius 1 is 0.968 bits per heavy atom. The van der Waals surface area contributed by atoms with Crippen LogP contribution in [0.5, 0.6) is 0 Å². The quantitative estimate of drug-likeness (QED) is 0.474. The van der Waals surface area contributed by atoms with Gasteiger partial charge in [-0.3, -0.25) is 14.5 Å². The van der Waals surface area contributed by atoms with Gasteiger partial charge in [0.15, 0.2) is 11.5 Å². The van der Waals surface area contributed by atoms with E-state index in [2.05, 4.69) is 42.3 Å². The molecule has 31 heavy (non-hydrogen) atoms. The van der Waals surface area contributed by atoms with Gasteiger partial charge in [0, 0.05) is 12.2 Å². The minimum atomic E-state index is -0.596. The molecule has 5 rings (SSSR count). The number of hydrogen-bond acceptors (Lipinski definition) is 5. The summed E-state index contributed by atoms with van der Waals surface area (Å²) in [6.45, 7) is 11.2. The van der Waals surface area contributed by atoms with Crippen LogP contribution >= 0.6 is 0 Å². The zero-order chi connectivity index (χ0) is 22.0. The van der Waals surface area contributed by atoms with Gasteiger partial charge in [-0.1, -0.05) is 26.0 Å². The fraction of sp³-hybridized carbons (Fsp3) is 0.348. The van der Waals surface area contributed by atoms with Crippen molar-refractivity contribution in [2.24, 2.45) is 5.92 Å². The number of carbonyl (C=O) groups is 2. The zero-order valence-electron chi connectivity index (χ0n) is 18.2. The Morgan fingerprint density at radius 3 is 2.23 bits per heavy atom. The molecule has 0 spiro atoms. The maximum atomic E-state index is 12.9. The first-order chi connectivity index (χ1) is 14.8. The molecular weight excluding hydrogens is 392 g/mol. The second-order valence-corrected chi connectivity index (χ2v) is 8.60. The monoisotopic (exact) mass is 416 g/mol. The van der Waals surface area contributed by atoms with Crippen molar-refractivity contribution in [3.8, 4) is 0 Å². The van der Waals surface area contributed by atoms with Crippen LogP contribution in [0.2, 0.25) is 0 Å². The third kappa shape index (κ3) is 2.71. The molecule has 0 unspecified atom stereocenters. The normalized spacial score (nSPS) is 15.0. The van der Waals surface area contributed by atoms with Gasteiger partial charge in [-0.2, -0.15) is 0 Å². The average molecular weight is 416 g/mol. The predicted octanol–water partition coefficient (Wildman–Crippen LogP) is 3.71. The highest BCUT2D eigenvalue weighted by Gasteiger charge is 2.40. The lowest BCUT2D eigenvalue weighted by Gasteiger charge is -2.19. The van der Waals surface area contributed by atoms with E-state index in [1.165, 1.54) is 4.90 Å². The Morgan fingerprint density at radius 2 is 1.61 bits per heavy atom. The molecule has 0 saturated heterocycles. The van der Waals surface area contributed by atoms with Gasteiger partial charge in [0.25, 0.3) is 11.8 Å².